The van der Waals surface area contributed by atoms with E-state index in [4.69, 9.17) is 4.42 Å². The van der Waals surface area contributed by atoms with Crippen LogP contribution in [0, 0.1) is 0 Å². The maximum Gasteiger partial charge on any atom is 0.248 e. The van der Waals surface area contributed by atoms with Crippen molar-refractivity contribution in [1.29, 1.82) is 0 Å². The summed E-state index contributed by atoms with van der Waals surface area (Å²) in [7, 11) is 0. The third kappa shape index (κ3) is 9.21. The Kier molecular flexibility index (Phi) is 10.5. The van der Waals surface area contributed by atoms with Gasteiger partial charge in [0.05, 0.1) is 12.8 Å². The maximum absolute atomic E-state index is 12.6. The van der Waals surface area contributed by atoms with Gasteiger partial charge in [-0.1, -0.05) is 60.7 Å². The Bertz CT molecular complexity index is 1690. The summed E-state index contributed by atoms with van der Waals surface area (Å²) in [6.07, 6.45) is 0.381. The number of aromatic nitrogens is 2. The number of rotatable bonds is 12. The molecular weight excluding hydrogens is 596 g/mol. The second kappa shape index (κ2) is 15.3. The average molecular weight is 631 g/mol. The summed E-state index contributed by atoms with van der Waals surface area (Å²) < 4.78 is 5.87. The van der Waals surface area contributed by atoms with Crippen LogP contribution in [0.3, 0.4) is 0 Å². The summed E-state index contributed by atoms with van der Waals surface area (Å²) in [5.74, 6) is -0.595. The molecule has 1 heterocycles. The van der Waals surface area contributed by atoms with Crippen molar-refractivity contribution >= 4 is 35.0 Å². The van der Waals surface area contributed by atoms with E-state index in [1.165, 1.54) is 0 Å². The molecule has 0 aliphatic heterocycles. The highest BCUT2D eigenvalue weighted by atomic mass is 16.4. The van der Waals surface area contributed by atoms with E-state index in [0.717, 1.165) is 11.1 Å². The SMILES string of the molecule is CC(NC(=O)Cc1ccccc1)C(=O)Nc1ccc(-c2nnc(-c3ccc(NC(=O)C(C)NC(=O)Cc4ccccc4)cc3)o2)cc1. The molecule has 2 unspecified atom stereocenters. The van der Waals surface area contributed by atoms with Crippen LogP contribution in [0.4, 0.5) is 11.4 Å². The molecule has 1 aromatic heterocycles. The van der Waals surface area contributed by atoms with E-state index in [1.54, 1.807) is 62.4 Å². The average Bonchev–Trinajstić information content (AvgIpc) is 3.56. The van der Waals surface area contributed by atoms with Crippen molar-refractivity contribution in [1.82, 2.24) is 20.8 Å². The summed E-state index contributed by atoms with van der Waals surface area (Å²) in [6, 6.07) is 31.0. The van der Waals surface area contributed by atoms with Crippen LogP contribution in [0.5, 0.6) is 0 Å². The molecule has 5 rings (SSSR count). The van der Waals surface area contributed by atoms with Gasteiger partial charge in [0, 0.05) is 22.5 Å². The lowest BCUT2D eigenvalue weighted by Gasteiger charge is -2.14. The molecule has 47 heavy (non-hydrogen) atoms. The first-order chi connectivity index (χ1) is 22.7. The first-order valence-corrected chi connectivity index (χ1v) is 15.1. The summed E-state index contributed by atoms with van der Waals surface area (Å²) in [5, 5.41) is 19.3. The molecule has 0 fully saturated rings. The predicted molar refractivity (Wildman–Crippen MR) is 178 cm³/mol. The lowest BCUT2D eigenvalue weighted by Crippen LogP contribution is -2.42. The minimum atomic E-state index is -0.724. The molecule has 4 aromatic carbocycles. The van der Waals surface area contributed by atoms with Gasteiger partial charge < -0.3 is 25.7 Å². The Morgan fingerprint density at radius 2 is 0.915 bits per heavy atom. The highest BCUT2D eigenvalue weighted by Gasteiger charge is 2.18. The molecule has 11 nitrogen and oxygen atoms in total. The summed E-state index contributed by atoms with van der Waals surface area (Å²) in [5.41, 5.74) is 4.13. The quantitative estimate of drug-likeness (QED) is 0.155. The van der Waals surface area contributed by atoms with Crippen LogP contribution in [0.1, 0.15) is 25.0 Å². The molecule has 0 saturated heterocycles. The van der Waals surface area contributed by atoms with Gasteiger partial charge in [-0.3, -0.25) is 19.2 Å². The van der Waals surface area contributed by atoms with Crippen LogP contribution < -0.4 is 21.3 Å². The monoisotopic (exact) mass is 630 g/mol. The van der Waals surface area contributed by atoms with Gasteiger partial charge in [-0.15, -0.1) is 10.2 Å². The van der Waals surface area contributed by atoms with E-state index in [0.29, 0.717) is 22.5 Å². The minimum Gasteiger partial charge on any atom is -0.416 e. The summed E-state index contributed by atoms with van der Waals surface area (Å²) >= 11 is 0. The molecule has 4 amide bonds. The molecule has 0 spiro atoms. The van der Waals surface area contributed by atoms with Crippen molar-refractivity contribution in [2.45, 2.75) is 38.8 Å². The van der Waals surface area contributed by atoms with Crippen LogP contribution in [-0.4, -0.2) is 45.9 Å². The molecule has 4 N–H and O–H groups in total. The van der Waals surface area contributed by atoms with Crippen molar-refractivity contribution in [3.63, 3.8) is 0 Å². The molecule has 0 saturated carbocycles. The fourth-order valence-corrected chi connectivity index (χ4v) is 4.63. The van der Waals surface area contributed by atoms with Crippen LogP contribution in [0.25, 0.3) is 22.9 Å². The molecule has 0 aliphatic carbocycles. The largest absolute Gasteiger partial charge is 0.416 e. The van der Waals surface area contributed by atoms with Crippen LogP contribution in [0.2, 0.25) is 0 Å². The number of nitrogens with one attached hydrogen (secondary N) is 4. The zero-order valence-electron chi connectivity index (χ0n) is 25.9. The van der Waals surface area contributed by atoms with Crippen LogP contribution in [0.15, 0.2) is 114 Å². The van der Waals surface area contributed by atoms with E-state index in [9.17, 15) is 19.2 Å². The van der Waals surface area contributed by atoms with Gasteiger partial charge in [-0.05, 0) is 73.5 Å². The van der Waals surface area contributed by atoms with Gasteiger partial charge in [0.2, 0.25) is 35.4 Å². The lowest BCUT2D eigenvalue weighted by atomic mass is 10.1. The van der Waals surface area contributed by atoms with Gasteiger partial charge in [0.1, 0.15) is 12.1 Å². The number of carbonyl (C=O) groups is 4. The van der Waals surface area contributed by atoms with Gasteiger partial charge >= 0.3 is 0 Å². The summed E-state index contributed by atoms with van der Waals surface area (Å²) in [6.45, 7) is 3.25. The smallest absolute Gasteiger partial charge is 0.248 e. The number of hydrogen-bond donors (Lipinski definition) is 4. The van der Waals surface area contributed by atoms with Gasteiger partial charge in [0.25, 0.3) is 0 Å². The molecule has 5 aromatic rings. The molecular formula is C36H34N6O5. The maximum atomic E-state index is 12.6. The highest BCUT2D eigenvalue weighted by molar-refractivity contribution is 5.98. The Morgan fingerprint density at radius 1 is 0.553 bits per heavy atom. The molecule has 11 heteroatoms. The predicted octanol–water partition coefficient (Wildman–Crippen LogP) is 4.78. The molecule has 238 valence electrons. The van der Waals surface area contributed by atoms with Crippen molar-refractivity contribution < 1.29 is 23.6 Å². The first kappa shape index (κ1) is 32.3. The number of benzene rings is 4. The fraction of sp³-hybridized carbons (Fsp3) is 0.167. The zero-order valence-corrected chi connectivity index (χ0v) is 25.9. The van der Waals surface area contributed by atoms with E-state index in [-0.39, 0.29) is 48.3 Å². The molecule has 0 bridgehead atoms. The van der Waals surface area contributed by atoms with Crippen molar-refractivity contribution in [3.05, 3.63) is 120 Å². The van der Waals surface area contributed by atoms with Gasteiger partial charge in [-0.25, -0.2) is 0 Å². The van der Waals surface area contributed by atoms with E-state index in [1.807, 2.05) is 60.7 Å². The highest BCUT2D eigenvalue weighted by Crippen LogP contribution is 2.26. The van der Waals surface area contributed by atoms with Crippen molar-refractivity contribution in [3.8, 4) is 22.9 Å². The second-order valence-electron chi connectivity index (χ2n) is 10.9. The Morgan fingerprint density at radius 3 is 1.28 bits per heavy atom. The number of carbonyl (C=O) groups excluding carboxylic acids is 4. The van der Waals surface area contributed by atoms with Gasteiger partial charge in [-0.2, -0.15) is 0 Å². The normalized spacial score (nSPS) is 12.0. The number of amides is 4. The Labute approximate surface area is 271 Å². The van der Waals surface area contributed by atoms with E-state index in [2.05, 4.69) is 31.5 Å². The van der Waals surface area contributed by atoms with Gasteiger partial charge in [0.15, 0.2) is 0 Å². The molecule has 0 aliphatic rings. The Hall–Kier alpha value is -6.10. The molecule has 2 atom stereocenters. The summed E-state index contributed by atoms with van der Waals surface area (Å²) in [4.78, 5) is 49.9. The second-order valence-corrected chi connectivity index (χ2v) is 10.9. The number of anilines is 2. The van der Waals surface area contributed by atoms with Crippen molar-refractivity contribution in [2.24, 2.45) is 0 Å². The number of nitrogens with zero attached hydrogens (tertiary/aromatic N) is 2. The number of hydrogen-bond acceptors (Lipinski definition) is 7. The lowest BCUT2D eigenvalue weighted by molar-refractivity contribution is -0.125. The van der Waals surface area contributed by atoms with E-state index < -0.39 is 12.1 Å². The standard InChI is InChI=1S/C36H34N6O5/c1-23(37-31(43)21-25-9-5-3-6-10-25)33(45)39-29-17-13-27(14-18-29)35-41-42-36(47-35)28-15-19-30(20-16-28)40-34(46)24(2)38-32(44)22-26-11-7-4-8-12-26/h3-20,23-24H,21-22H2,1-2H3,(H,37,43)(H,38,44)(H,39,45)(H,40,46). The van der Waals surface area contributed by atoms with Crippen LogP contribution in [-0.2, 0) is 32.0 Å². The first-order valence-electron chi connectivity index (χ1n) is 15.1. The third-order valence-electron chi connectivity index (χ3n) is 7.18. The zero-order chi connectivity index (χ0) is 33.2. The topological polar surface area (TPSA) is 155 Å². The fourth-order valence-electron chi connectivity index (χ4n) is 4.63. The molecule has 0 radical (unpaired) electrons. The van der Waals surface area contributed by atoms with Crippen LogP contribution >= 0.6 is 0 Å². The minimum absolute atomic E-state index is 0.191. The Balaban J connectivity index is 1.10. The third-order valence-corrected chi connectivity index (χ3v) is 7.18. The van der Waals surface area contributed by atoms with Crippen molar-refractivity contribution in [2.75, 3.05) is 10.6 Å². The van der Waals surface area contributed by atoms with E-state index >= 15 is 0 Å².